The smallest absolute Gasteiger partial charge is 0.125 e. The molecule has 0 saturated heterocycles. The third-order valence-electron chi connectivity index (χ3n) is 2.99. The highest BCUT2D eigenvalue weighted by molar-refractivity contribution is 5.51. The molecule has 0 unspecified atom stereocenters. The van der Waals surface area contributed by atoms with Gasteiger partial charge in [0.05, 0.1) is 6.61 Å². The number of aliphatic hydroxyl groups excluding tert-OH is 1. The van der Waals surface area contributed by atoms with E-state index in [-0.39, 0.29) is 23.2 Å². The van der Waals surface area contributed by atoms with Gasteiger partial charge in [-0.15, -0.1) is 0 Å². The molecule has 0 bridgehead atoms. The van der Waals surface area contributed by atoms with Crippen molar-refractivity contribution in [1.82, 2.24) is 0 Å². The van der Waals surface area contributed by atoms with Gasteiger partial charge in [0.25, 0.3) is 0 Å². The van der Waals surface area contributed by atoms with Gasteiger partial charge in [-0.2, -0.15) is 0 Å². The van der Waals surface area contributed by atoms with Crippen LogP contribution in [-0.4, -0.2) is 10.2 Å². The normalized spacial score (nSPS) is 12.9. The maximum atomic E-state index is 10.3. The minimum atomic E-state index is -0.141. The Morgan fingerprint density at radius 2 is 1.47 bits per heavy atom. The van der Waals surface area contributed by atoms with Crippen LogP contribution in [0.4, 0.5) is 0 Å². The Bertz CT molecular complexity index is 406. The van der Waals surface area contributed by atoms with Crippen molar-refractivity contribution in [3.8, 4) is 5.75 Å². The molecule has 1 aromatic carbocycles. The van der Waals surface area contributed by atoms with E-state index in [1.807, 2.05) is 12.1 Å². The Hall–Kier alpha value is -1.02. The SMILES string of the molecule is CC(C)(C)c1ccc(CO)c(O)c1C(C)(C)C. The Kier molecular flexibility index (Phi) is 3.58. The zero-order valence-electron chi connectivity index (χ0n) is 11.8. The molecule has 1 rings (SSSR count). The van der Waals surface area contributed by atoms with E-state index in [0.717, 1.165) is 11.1 Å². The number of phenols is 1. The standard InChI is InChI=1S/C15H24O2/c1-14(2,3)11-8-7-10(9-16)13(17)12(11)15(4,5)6/h7-8,16-17H,9H2,1-6H3. The van der Waals surface area contributed by atoms with Gasteiger partial charge in [0.15, 0.2) is 0 Å². The van der Waals surface area contributed by atoms with Crippen LogP contribution in [0.5, 0.6) is 5.75 Å². The predicted octanol–water partition coefficient (Wildman–Crippen LogP) is 3.48. The van der Waals surface area contributed by atoms with Gasteiger partial charge < -0.3 is 10.2 Å². The van der Waals surface area contributed by atoms with Gasteiger partial charge in [-0.25, -0.2) is 0 Å². The molecule has 2 heteroatoms. The molecule has 17 heavy (non-hydrogen) atoms. The largest absolute Gasteiger partial charge is 0.507 e. The van der Waals surface area contributed by atoms with Crippen LogP contribution in [0.2, 0.25) is 0 Å². The molecular formula is C15H24O2. The van der Waals surface area contributed by atoms with Crippen LogP contribution >= 0.6 is 0 Å². The van der Waals surface area contributed by atoms with Gasteiger partial charge in [0.2, 0.25) is 0 Å². The minimum Gasteiger partial charge on any atom is -0.507 e. The molecule has 0 spiro atoms. The third kappa shape index (κ3) is 2.81. The summed E-state index contributed by atoms with van der Waals surface area (Å²) in [5.41, 5.74) is 2.52. The maximum Gasteiger partial charge on any atom is 0.125 e. The minimum absolute atomic E-state index is 0.0198. The van der Waals surface area contributed by atoms with Crippen molar-refractivity contribution in [2.45, 2.75) is 59.0 Å². The number of hydrogen-bond donors (Lipinski definition) is 2. The van der Waals surface area contributed by atoms with Crippen molar-refractivity contribution in [3.63, 3.8) is 0 Å². The highest BCUT2D eigenvalue weighted by Crippen LogP contribution is 2.40. The average Bonchev–Trinajstić information content (AvgIpc) is 2.13. The molecule has 0 radical (unpaired) electrons. The number of benzene rings is 1. The third-order valence-corrected chi connectivity index (χ3v) is 2.99. The van der Waals surface area contributed by atoms with Crippen molar-refractivity contribution in [2.75, 3.05) is 0 Å². The van der Waals surface area contributed by atoms with Gasteiger partial charge >= 0.3 is 0 Å². The lowest BCUT2D eigenvalue weighted by Crippen LogP contribution is -2.22. The van der Waals surface area contributed by atoms with E-state index >= 15 is 0 Å². The molecule has 0 heterocycles. The molecule has 96 valence electrons. The summed E-state index contributed by atoms with van der Waals surface area (Å²) in [7, 11) is 0. The first-order valence-corrected chi connectivity index (χ1v) is 6.05. The van der Waals surface area contributed by atoms with Crippen LogP contribution in [0.1, 0.15) is 58.2 Å². The highest BCUT2D eigenvalue weighted by Gasteiger charge is 2.28. The van der Waals surface area contributed by atoms with Crippen molar-refractivity contribution >= 4 is 0 Å². The number of aromatic hydroxyl groups is 1. The molecule has 0 aliphatic rings. The first-order chi connectivity index (χ1) is 7.59. The summed E-state index contributed by atoms with van der Waals surface area (Å²) in [6.45, 7) is 12.5. The van der Waals surface area contributed by atoms with Crippen LogP contribution in [-0.2, 0) is 17.4 Å². The van der Waals surface area contributed by atoms with Gasteiger partial charge in [-0.05, 0) is 16.4 Å². The van der Waals surface area contributed by atoms with E-state index in [1.54, 1.807) is 0 Å². The van der Waals surface area contributed by atoms with E-state index in [1.165, 1.54) is 0 Å². The van der Waals surface area contributed by atoms with Gasteiger partial charge in [0.1, 0.15) is 5.75 Å². The Morgan fingerprint density at radius 1 is 0.941 bits per heavy atom. The first kappa shape index (κ1) is 14.0. The van der Waals surface area contributed by atoms with E-state index in [2.05, 4.69) is 41.5 Å². The van der Waals surface area contributed by atoms with Crippen molar-refractivity contribution < 1.29 is 10.2 Å². The lowest BCUT2D eigenvalue weighted by molar-refractivity contribution is 0.274. The fourth-order valence-electron chi connectivity index (χ4n) is 2.15. The Morgan fingerprint density at radius 3 is 1.82 bits per heavy atom. The van der Waals surface area contributed by atoms with Gasteiger partial charge in [0, 0.05) is 11.1 Å². The molecule has 2 nitrogen and oxygen atoms in total. The summed E-state index contributed by atoms with van der Waals surface area (Å²) in [5, 5.41) is 19.6. The molecule has 0 amide bonds. The zero-order chi connectivity index (χ0) is 13.4. The lowest BCUT2D eigenvalue weighted by Gasteiger charge is -2.31. The van der Waals surface area contributed by atoms with Crippen LogP contribution < -0.4 is 0 Å². The molecule has 1 aromatic rings. The van der Waals surface area contributed by atoms with Crippen LogP contribution in [0.3, 0.4) is 0 Å². The summed E-state index contributed by atoms with van der Waals surface area (Å²) in [6, 6.07) is 3.83. The maximum absolute atomic E-state index is 10.3. The summed E-state index contributed by atoms with van der Waals surface area (Å²) in [6.07, 6.45) is 0. The predicted molar refractivity (Wildman–Crippen MR) is 71.4 cm³/mol. The second kappa shape index (κ2) is 4.34. The van der Waals surface area contributed by atoms with Crippen LogP contribution in [0.15, 0.2) is 12.1 Å². The molecule has 0 aliphatic carbocycles. The fraction of sp³-hybridized carbons (Fsp3) is 0.600. The summed E-state index contributed by atoms with van der Waals surface area (Å²) >= 11 is 0. The van der Waals surface area contributed by atoms with E-state index in [0.29, 0.717) is 5.56 Å². The van der Waals surface area contributed by atoms with E-state index < -0.39 is 0 Å². The van der Waals surface area contributed by atoms with Gasteiger partial charge in [-0.3, -0.25) is 0 Å². The molecule has 0 saturated carbocycles. The van der Waals surface area contributed by atoms with E-state index in [4.69, 9.17) is 0 Å². The van der Waals surface area contributed by atoms with Gasteiger partial charge in [-0.1, -0.05) is 53.7 Å². The first-order valence-electron chi connectivity index (χ1n) is 6.05. The summed E-state index contributed by atoms with van der Waals surface area (Å²) in [4.78, 5) is 0. The molecular weight excluding hydrogens is 212 g/mol. The number of aliphatic hydroxyl groups is 1. The quantitative estimate of drug-likeness (QED) is 0.783. The zero-order valence-corrected chi connectivity index (χ0v) is 11.8. The van der Waals surface area contributed by atoms with Crippen molar-refractivity contribution in [3.05, 3.63) is 28.8 Å². The van der Waals surface area contributed by atoms with Crippen LogP contribution in [0, 0.1) is 0 Å². The van der Waals surface area contributed by atoms with Crippen molar-refractivity contribution in [2.24, 2.45) is 0 Å². The summed E-state index contributed by atoms with van der Waals surface area (Å²) in [5.74, 6) is 0.243. The average molecular weight is 236 g/mol. The monoisotopic (exact) mass is 236 g/mol. The molecule has 0 aliphatic heterocycles. The molecule has 0 atom stereocenters. The second-order valence-electron chi connectivity index (χ2n) is 6.65. The number of hydrogen-bond acceptors (Lipinski definition) is 2. The molecule has 0 aromatic heterocycles. The number of rotatable bonds is 1. The highest BCUT2D eigenvalue weighted by atomic mass is 16.3. The topological polar surface area (TPSA) is 40.5 Å². The second-order valence-corrected chi connectivity index (χ2v) is 6.65. The summed E-state index contributed by atoms with van der Waals surface area (Å²) < 4.78 is 0. The van der Waals surface area contributed by atoms with E-state index in [9.17, 15) is 10.2 Å². The Balaban J connectivity index is 3.59. The van der Waals surface area contributed by atoms with Crippen LogP contribution in [0.25, 0.3) is 0 Å². The lowest BCUT2D eigenvalue weighted by atomic mass is 9.74. The fourth-order valence-corrected chi connectivity index (χ4v) is 2.15. The molecule has 2 N–H and O–H groups in total. The Labute approximate surface area is 104 Å². The molecule has 0 fully saturated rings. The van der Waals surface area contributed by atoms with Crippen molar-refractivity contribution in [1.29, 1.82) is 0 Å².